The van der Waals surface area contributed by atoms with Crippen LogP contribution in [0.4, 0.5) is 0 Å². The van der Waals surface area contributed by atoms with Gasteiger partial charge in [-0.1, -0.05) is 17.7 Å². The molecule has 1 aliphatic carbocycles. The summed E-state index contributed by atoms with van der Waals surface area (Å²) in [7, 11) is 0. The highest BCUT2D eigenvalue weighted by atomic mass is 79.9. The van der Waals surface area contributed by atoms with E-state index >= 15 is 0 Å². The van der Waals surface area contributed by atoms with Gasteiger partial charge in [0.25, 0.3) is 0 Å². The van der Waals surface area contributed by atoms with Crippen LogP contribution in [0.15, 0.2) is 34.9 Å². The van der Waals surface area contributed by atoms with E-state index in [0.29, 0.717) is 10.7 Å². The van der Waals surface area contributed by atoms with Gasteiger partial charge in [0, 0.05) is 10.6 Å². The zero-order chi connectivity index (χ0) is 13.6. The monoisotopic (exact) mass is 357 g/mol. The number of pyridine rings is 1. The molecule has 0 saturated heterocycles. The molecule has 0 N–H and O–H groups in total. The Bertz CT molecular complexity index is 660. The summed E-state index contributed by atoms with van der Waals surface area (Å²) in [5.74, 6) is 0. The molecule has 5 heteroatoms. The summed E-state index contributed by atoms with van der Waals surface area (Å²) in [6.07, 6.45) is 3.12. The summed E-state index contributed by atoms with van der Waals surface area (Å²) in [5, 5.41) is 12.4. The van der Waals surface area contributed by atoms with Crippen LogP contribution in [-0.4, -0.2) is 0 Å². The number of aryl methyl sites for hydroxylation is 2. The van der Waals surface area contributed by atoms with Crippen molar-refractivity contribution in [2.24, 2.45) is 0 Å². The van der Waals surface area contributed by atoms with Crippen molar-refractivity contribution in [3.63, 3.8) is 0 Å². The van der Waals surface area contributed by atoms with E-state index in [9.17, 15) is 5.21 Å². The van der Waals surface area contributed by atoms with Crippen LogP contribution in [0.2, 0.25) is 5.02 Å². The van der Waals surface area contributed by atoms with Gasteiger partial charge in [-0.15, -0.1) is 11.6 Å². The Morgan fingerprint density at radius 3 is 2.74 bits per heavy atom. The highest BCUT2D eigenvalue weighted by molar-refractivity contribution is 9.10. The van der Waals surface area contributed by atoms with Gasteiger partial charge in [0.15, 0.2) is 6.20 Å². The molecule has 19 heavy (non-hydrogen) atoms. The van der Waals surface area contributed by atoms with Crippen LogP contribution in [0, 0.1) is 5.21 Å². The Morgan fingerprint density at radius 1 is 1.21 bits per heavy atom. The Hall–Kier alpha value is -0.770. The second-order valence-electron chi connectivity index (χ2n) is 4.60. The lowest BCUT2D eigenvalue weighted by Crippen LogP contribution is -2.33. The van der Waals surface area contributed by atoms with Crippen molar-refractivity contribution in [1.29, 1.82) is 0 Å². The van der Waals surface area contributed by atoms with Gasteiger partial charge in [0.2, 0.25) is 5.69 Å². The molecule has 1 aromatic heterocycles. The van der Waals surface area contributed by atoms with Crippen molar-refractivity contribution in [1.82, 2.24) is 0 Å². The average Bonchev–Trinajstić information content (AvgIpc) is 2.47. The first-order valence-electron chi connectivity index (χ1n) is 5.90. The van der Waals surface area contributed by atoms with Crippen molar-refractivity contribution >= 4 is 39.1 Å². The van der Waals surface area contributed by atoms with Crippen LogP contribution < -0.4 is 4.73 Å². The Labute approximate surface area is 129 Å². The maximum Gasteiger partial charge on any atom is 0.218 e. The molecule has 0 aliphatic heterocycles. The lowest BCUT2D eigenvalue weighted by Gasteiger charge is -2.13. The van der Waals surface area contributed by atoms with Crippen LogP contribution in [0.25, 0.3) is 0 Å². The summed E-state index contributed by atoms with van der Waals surface area (Å²) >= 11 is 15.9. The van der Waals surface area contributed by atoms with Gasteiger partial charge >= 0.3 is 0 Å². The SMILES string of the molecule is [O-][n+]1cc(Br)cc2c1C(Cl)c1ccc(Cl)cc1CC2. The van der Waals surface area contributed by atoms with Crippen molar-refractivity contribution in [2.45, 2.75) is 18.2 Å². The second-order valence-corrected chi connectivity index (χ2v) is 6.39. The summed E-state index contributed by atoms with van der Waals surface area (Å²) in [6, 6.07) is 7.62. The van der Waals surface area contributed by atoms with Crippen LogP contribution in [0.5, 0.6) is 0 Å². The molecule has 0 saturated carbocycles. The van der Waals surface area contributed by atoms with Crippen LogP contribution in [0.3, 0.4) is 0 Å². The third-order valence-electron chi connectivity index (χ3n) is 3.40. The first-order valence-corrected chi connectivity index (χ1v) is 7.51. The quantitative estimate of drug-likeness (QED) is 0.394. The first kappa shape index (κ1) is 13.2. The molecule has 1 aliphatic rings. The lowest BCUT2D eigenvalue weighted by atomic mass is 10.0. The molecule has 3 rings (SSSR count). The molecule has 0 fully saturated rings. The van der Waals surface area contributed by atoms with Crippen molar-refractivity contribution in [3.05, 3.63) is 67.5 Å². The summed E-state index contributed by atoms with van der Waals surface area (Å²) in [6.45, 7) is 0. The first-order chi connectivity index (χ1) is 9.06. The number of hydrogen-bond donors (Lipinski definition) is 0. The largest absolute Gasteiger partial charge is 0.618 e. The van der Waals surface area contributed by atoms with Crippen molar-refractivity contribution < 1.29 is 4.73 Å². The molecule has 1 heterocycles. The number of hydrogen-bond acceptors (Lipinski definition) is 1. The van der Waals surface area contributed by atoms with Crippen LogP contribution in [0.1, 0.15) is 27.8 Å². The molecule has 1 atom stereocenters. The third-order valence-corrected chi connectivity index (χ3v) is 4.51. The molecule has 1 aromatic carbocycles. The van der Waals surface area contributed by atoms with Gasteiger partial charge in [-0.25, -0.2) is 0 Å². The van der Waals surface area contributed by atoms with Gasteiger partial charge in [-0.2, -0.15) is 4.73 Å². The van der Waals surface area contributed by atoms with Crippen LogP contribution in [-0.2, 0) is 12.8 Å². The molecule has 2 aromatic rings. The molecule has 0 radical (unpaired) electrons. The molecule has 1 unspecified atom stereocenters. The van der Waals surface area contributed by atoms with Gasteiger partial charge in [0.05, 0.1) is 4.47 Å². The van der Waals surface area contributed by atoms with Crippen molar-refractivity contribution in [3.8, 4) is 0 Å². The maximum absolute atomic E-state index is 12.1. The number of benzene rings is 1. The fourth-order valence-corrected chi connectivity index (χ4v) is 3.64. The van der Waals surface area contributed by atoms with E-state index in [1.165, 1.54) is 6.20 Å². The summed E-state index contributed by atoms with van der Waals surface area (Å²) in [4.78, 5) is 0. The molecule has 0 amide bonds. The predicted octanol–water partition coefficient (Wildman–Crippen LogP) is 4.16. The Balaban J connectivity index is 2.20. The summed E-state index contributed by atoms with van der Waals surface area (Å²) < 4.78 is 1.63. The second kappa shape index (κ2) is 4.97. The number of halogens is 3. The molecule has 2 nitrogen and oxygen atoms in total. The zero-order valence-corrected chi connectivity index (χ0v) is 13.0. The van der Waals surface area contributed by atoms with Gasteiger partial charge in [-0.05, 0) is 58.1 Å². The van der Waals surface area contributed by atoms with Gasteiger partial charge < -0.3 is 5.21 Å². The number of fused-ring (bicyclic) bond motifs is 2. The van der Waals surface area contributed by atoms with E-state index in [4.69, 9.17) is 23.2 Å². The molecular weight excluding hydrogens is 349 g/mol. The minimum absolute atomic E-state index is 0.435. The van der Waals surface area contributed by atoms with E-state index in [-0.39, 0.29) is 0 Å². The topological polar surface area (TPSA) is 26.9 Å². The summed E-state index contributed by atoms with van der Waals surface area (Å²) in [5.41, 5.74) is 3.68. The minimum atomic E-state index is -0.435. The Kier molecular flexibility index (Phi) is 3.46. The van der Waals surface area contributed by atoms with Gasteiger partial charge in [-0.3, -0.25) is 0 Å². The van der Waals surface area contributed by atoms with E-state index in [1.807, 2.05) is 24.3 Å². The highest BCUT2D eigenvalue weighted by Gasteiger charge is 2.29. The smallest absolute Gasteiger partial charge is 0.218 e. The normalized spacial score (nSPS) is 17.5. The lowest BCUT2D eigenvalue weighted by molar-refractivity contribution is -0.614. The predicted molar refractivity (Wildman–Crippen MR) is 79.7 cm³/mol. The number of alkyl halides is 1. The van der Waals surface area contributed by atoms with Crippen LogP contribution >= 0.6 is 39.1 Å². The minimum Gasteiger partial charge on any atom is -0.618 e. The standard InChI is InChI=1S/C14H10BrCl2NO/c15-10-5-9-2-1-8-6-11(16)3-4-12(8)13(17)14(9)18(19)7-10/h3-7,13H,1-2H2. The fraction of sp³-hybridized carbons (Fsp3) is 0.214. The molecule has 98 valence electrons. The zero-order valence-electron chi connectivity index (χ0n) is 9.87. The van der Waals surface area contributed by atoms with Crippen molar-refractivity contribution in [2.75, 3.05) is 0 Å². The third kappa shape index (κ3) is 2.35. The van der Waals surface area contributed by atoms with E-state index in [2.05, 4.69) is 15.9 Å². The Morgan fingerprint density at radius 2 is 1.95 bits per heavy atom. The molecular formula is C14H10BrCl2NO. The maximum atomic E-state index is 12.1. The number of rotatable bonds is 0. The van der Waals surface area contributed by atoms with E-state index < -0.39 is 5.38 Å². The van der Waals surface area contributed by atoms with E-state index in [0.717, 1.165) is 38.7 Å². The number of nitrogens with zero attached hydrogens (tertiary/aromatic N) is 1. The van der Waals surface area contributed by atoms with E-state index in [1.54, 1.807) is 0 Å². The molecule has 0 spiro atoms. The number of aromatic nitrogens is 1. The van der Waals surface area contributed by atoms with Gasteiger partial charge in [0.1, 0.15) is 5.38 Å². The average molecular weight is 359 g/mol. The molecule has 0 bridgehead atoms. The highest BCUT2D eigenvalue weighted by Crippen LogP contribution is 2.36. The fourth-order valence-electron chi connectivity index (χ4n) is 2.53.